The molecule has 0 spiro atoms. The molecule has 1 aromatic carbocycles. The fourth-order valence-electron chi connectivity index (χ4n) is 3.79. The molecule has 0 radical (unpaired) electrons. The molecule has 1 aliphatic rings. The first kappa shape index (κ1) is 25.6. The Labute approximate surface area is 203 Å². The molecular weight excluding hydrogens is 452 g/mol. The highest BCUT2D eigenvalue weighted by Crippen LogP contribution is 2.22. The number of rotatable bonds is 7. The Hall–Kier alpha value is -3.07. The van der Waals surface area contributed by atoms with Crippen LogP contribution in [0.3, 0.4) is 0 Å². The van der Waals surface area contributed by atoms with Gasteiger partial charge in [0, 0.05) is 44.8 Å². The number of aromatic nitrogens is 1. The minimum Gasteiger partial charge on any atom is -0.444 e. The third-order valence-electron chi connectivity index (χ3n) is 5.39. The highest BCUT2D eigenvalue weighted by atomic mass is 32.1. The summed E-state index contributed by atoms with van der Waals surface area (Å²) in [7, 11) is 0. The van der Waals surface area contributed by atoms with Gasteiger partial charge in [0.2, 0.25) is 5.91 Å². The number of hydrogen-bond donors (Lipinski definition) is 2. The van der Waals surface area contributed by atoms with E-state index in [-0.39, 0.29) is 11.5 Å². The molecule has 0 unspecified atom stereocenters. The minimum atomic E-state index is -0.515. The standard InChI is InChI=1S/C25H34N4O4S/c1-18-27-23(31)21(34-18)17-19-9-5-6-10-20(19)28-13-15-29(16-14-28)22(30)11-7-8-12-26-24(32)33-25(2,3)4/h5-6,9-10,17H,1,7-8,11-16H2,2-4H3,(H,26,32)(H,27,31)/b21-17-. The lowest BCUT2D eigenvalue weighted by molar-refractivity contribution is -0.131. The Kier molecular flexibility index (Phi) is 8.55. The molecule has 1 saturated heterocycles. The molecule has 1 aromatic heterocycles. The average Bonchev–Trinajstić information content (AvgIpc) is 3.09. The number of amides is 2. The van der Waals surface area contributed by atoms with Crippen molar-refractivity contribution in [3.63, 3.8) is 0 Å². The monoisotopic (exact) mass is 486 g/mol. The van der Waals surface area contributed by atoms with Crippen LogP contribution in [0, 0.1) is 0 Å². The van der Waals surface area contributed by atoms with Crippen molar-refractivity contribution in [3.8, 4) is 0 Å². The van der Waals surface area contributed by atoms with E-state index >= 15 is 0 Å². The maximum Gasteiger partial charge on any atom is 0.407 e. The van der Waals surface area contributed by atoms with Gasteiger partial charge in [-0.2, -0.15) is 0 Å². The number of anilines is 1. The third-order valence-corrected chi connectivity index (χ3v) is 6.26. The van der Waals surface area contributed by atoms with Crippen molar-refractivity contribution in [2.24, 2.45) is 0 Å². The number of carbonyl (C=O) groups excluding carboxylic acids is 2. The molecule has 2 N–H and O–H groups in total. The second-order valence-electron chi connectivity index (χ2n) is 9.30. The molecular formula is C25H34N4O4S. The summed E-state index contributed by atoms with van der Waals surface area (Å²) in [6.07, 6.45) is 3.38. The average molecular weight is 487 g/mol. The van der Waals surface area contributed by atoms with E-state index in [1.807, 2.05) is 56.0 Å². The Morgan fingerprint density at radius 1 is 1.18 bits per heavy atom. The zero-order chi connectivity index (χ0) is 24.7. The highest BCUT2D eigenvalue weighted by Gasteiger charge is 2.22. The number of benzene rings is 1. The number of para-hydroxylation sites is 1. The summed E-state index contributed by atoms with van der Waals surface area (Å²) < 4.78 is 6.48. The van der Waals surface area contributed by atoms with Crippen LogP contribution in [-0.4, -0.2) is 60.2 Å². The number of hydrogen-bond acceptors (Lipinski definition) is 6. The van der Waals surface area contributed by atoms with E-state index < -0.39 is 11.7 Å². The van der Waals surface area contributed by atoms with Crippen molar-refractivity contribution >= 4 is 41.7 Å². The largest absolute Gasteiger partial charge is 0.444 e. The van der Waals surface area contributed by atoms with Gasteiger partial charge in [-0.15, -0.1) is 11.3 Å². The molecule has 0 atom stereocenters. The quantitative estimate of drug-likeness (QED) is 0.584. The van der Waals surface area contributed by atoms with Crippen LogP contribution < -0.4 is 25.0 Å². The SMILES string of the molecule is C=c1[nH]c(=O)/c(=C/c2ccccc2N2CCN(C(=O)CCCCNC(=O)OC(C)(C)C)CC2)s1. The van der Waals surface area contributed by atoms with E-state index in [1.54, 1.807) is 0 Å². The third kappa shape index (κ3) is 7.48. The fourth-order valence-corrected chi connectivity index (χ4v) is 4.53. The van der Waals surface area contributed by atoms with Gasteiger partial charge in [-0.3, -0.25) is 9.59 Å². The first-order valence-electron chi connectivity index (χ1n) is 11.6. The van der Waals surface area contributed by atoms with Gasteiger partial charge < -0.3 is 24.8 Å². The molecule has 2 aromatic rings. The van der Waals surface area contributed by atoms with E-state index in [4.69, 9.17) is 4.74 Å². The van der Waals surface area contributed by atoms with Crippen LogP contribution >= 0.6 is 11.3 Å². The molecule has 0 aliphatic carbocycles. The van der Waals surface area contributed by atoms with Crippen molar-refractivity contribution in [1.29, 1.82) is 0 Å². The number of thiazole rings is 1. The summed E-state index contributed by atoms with van der Waals surface area (Å²) >= 11 is 1.35. The zero-order valence-corrected chi connectivity index (χ0v) is 21.0. The van der Waals surface area contributed by atoms with Gasteiger partial charge in [0.05, 0.1) is 9.20 Å². The lowest BCUT2D eigenvalue weighted by atomic mass is 10.1. The Morgan fingerprint density at radius 2 is 1.88 bits per heavy atom. The summed E-state index contributed by atoms with van der Waals surface area (Å²) in [6.45, 7) is 12.6. The van der Waals surface area contributed by atoms with E-state index in [2.05, 4.69) is 21.8 Å². The molecule has 0 saturated carbocycles. The van der Waals surface area contributed by atoms with Crippen LogP contribution in [0.15, 0.2) is 29.1 Å². The van der Waals surface area contributed by atoms with E-state index in [1.165, 1.54) is 11.3 Å². The highest BCUT2D eigenvalue weighted by molar-refractivity contribution is 7.07. The maximum atomic E-state index is 12.6. The predicted octanol–water partition coefficient (Wildman–Crippen LogP) is 2.02. The molecule has 1 aliphatic heterocycles. The summed E-state index contributed by atoms with van der Waals surface area (Å²) in [5.41, 5.74) is 1.40. The number of carbonyl (C=O) groups is 2. The molecule has 9 heteroatoms. The normalized spacial score (nSPS) is 14.9. The fraction of sp³-hybridized carbons (Fsp3) is 0.480. The van der Waals surface area contributed by atoms with Crippen LogP contribution in [0.25, 0.3) is 12.7 Å². The minimum absolute atomic E-state index is 0.124. The van der Waals surface area contributed by atoms with Crippen molar-refractivity contribution in [2.45, 2.75) is 45.6 Å². The van der Waals surface area contributed by atoms with Gasteiger partial charge in [0.1, 0.15) is 5.60 Å². The van der Waals surface area contributed by atoms with Crippen molar-refractivity contribution in [3.05, 3.63) is 49.4 Å². The zero-order valence-electron chi connectivity index (χ0n) is 20.2. The first-order valence-corrected chi connectivity index (χ1v) is 12.4. The molecule has 2 amide bonds. The van der Waals surface area contributed by atoms with Crippen LogP contribution in [0.4, 0.5) is 10.5 Å². The lowest BCUT2D eigenvalue weighted by Crippen LogP contribution is -2.49. The second kappa shape index (κ2) is 11.4. The van der Waals surface area contributed by atoms with Gasteiger partial charge in [-0.05, 0) is 51.3 Å². The van der Waals surface area contributed by atoms with Crippen LogP contribution in [-0.2, 0) is 9.53 Å². The van der Waals surface area contributed by atoms with Crippen molar-refractivity contribution < 1.29 is 14.3 Å². The number of nitrogens with one attached hydrogen (secondary N) is 2. The van der Waals surface area contributed by atoms with Crippen molar-refractivity contribution in [1.82, 2.24) is 15.2 Å². The summed E-state index contributed by atoms with van der Waals surface area (Å²) in [5.74, 6) is 0.143. The van der Waals surface area contributed by atoms with Gasteiger partial charge in [-0.1, -0.05) is 24.8 Å². The maximum absolute atomic E-state index is 12.6. The van der Waals surface area contributed by atoms with Crippen LogP contribution in [0.5, 0.6) is 0 Å². The van der Waals surface area contributed by atoms with Gasteiger partial charge in [-0.25, -0.2) is 4.79 Å². The molecule has 34 heavy (non-hydrogen) atoms. The molecule has 184 valence electrons. The summed E-state index contributed by atoms with van der Waals surface area (Å²) in [5, 5.41) is 2.72. The number of nitrogens with zero attached hydrogens (tertiary/aromatic N) is 2. The number of piperazine rings is 1. The van der Waals surface area contributed by atoms with Gasteiger partial charge >= 0.3 is 6.09 Å². The predicted molar refractivity (Wildman–Crippen MR) is 137 cm³/mol. The second-order valence-corrected chi connectivity index (χ2v) is 10.4. The smallest absolute Gasteiger partial charge is 0.407 e. The Morgan fingerprint density at radius 3 is 2.53 bits per heavy atom. The Bertz CT molecular complexity index is 1160. The lowest BCUT2D eigenvalue weighted by Gasteiger charge is -2.37. The van der Waals surface area contributed by atoms with Crippen LogP contribution in [0.2, 0.25) is 0 Å². The van der Waals surface area contributed by atoms with Crippen molar-refractivity contribution in [2.75, 3.05) is 37.6 Å². The molecule has 8 nitrogen and oxygen atoms in total. The van der Waals surface area contributed by atoms with E-state index in [0.717, 1.165) is 37.2 Å². The number of unbranched alkanes of at least 4 members (excludes halogenated alkanes) is 1. The van der Waals surface area contributed by atoms with Crippen LogP contribution in [0.1, 0.15) is 45.6 Å². The number of H-pyrrole nitrogens is 1. The van der Waals surface area contributed by atoms with E-state index in [0.29, 0.717) is 35.3 Å². The van der Waals surface area contributed by atoms with Gasteiger partial charge in [0.15, 0.2) is 0 Å². The van der Waals surface area contributed by atoms with Gasteiger partial charge in [0.25, 0.3) is 5.56 Å². The number of ether oxygens (including phenoxy) is 1. The summed E-state index contributed by atoms with van der Waals surface area (Å²) in [4.78, 5) is 43.2. The molecule has 1 fully saturated rings. The number of aromatic amines is 1. The van der Waals surface area contributed by atoms with E-state index in [9.17, 15) is 14.4 Å². The molecule has 0 bridgehead atoms. The Balaban J connectivity index is 1.47. The molecule has 2 heterocycles. The first-order chi connectivity index (χ1) is 16.1. The molecule has 3 rings (SSSR count). The number of alkyl carbamates (subject to hydrolysis) is 1. The topological polar surface area (TPSA) is 94.7 Å². The summed E-state index contributed by atoms with van der Waals surface area (Å²) in [6, 6.07) is 7.99.